The second-order valence-corrected chi connectivity index (χ2v) is 6.51. The van der Waals surface area contributed by atoms with Crippen LogP contribution in [0.2, 0.25) is 0 Å². The number of aromatic hydroxyl groups is 1. The van der Waals surface area contributed by atoms with Crippen molar-refractivity contribution in [3.05, 3.63) is 29.8 Å². The van der Waals surface area contributed by atoms with Crippen molar-refractivity contribution in [1.82, 2.24) is 9.80 Å². The third-order valence-corrected chi connectivity index (χ3v) is 4.04. The average Bonchev–Trinajstić information content (AvgIpc) is 2.46. The maximum Gasteiger partial charge on any atom is 0.239 e. The van der Waals surface area contributed by atoms with E-state index in [1.165, 1.54) is 0 Å². The van der Waals surface area contributed by atoms with Crippen LogP contribution < -0.4 is 5.73 Å². The summed E-state index contributed by atoms with van der Waals surface area (Å²) in [6.07, 6.45) is 0.738. The van der Waals surface area contributed by atoms with E-state index < -0.39 is 0 Å². The molecule has 5 heteroatoms. The highest BCUT2D eigenvalue weighted by Gasteiger charge is 2.25. The van der Waals surface area contributed by atoms with Crippen molar-refractivity contribution in [2.45, 2.75) is 32.9 Å². The van der Waals surface area contributed by atoms with Crippen LogP contribution in [0.3, 0.4) is 0 Å². The second-order valence-electron chi connectivity index (χ2n) is 6.51. The van der Waals surface area contributed by atoms with Gasteiger partial charge in [-0.2, -0.15) is 0 Å². The minimum atomic E-state index is -0.377. The summed E-state index contributed by atoms with van der Waals surface area (Å²) in [5, 5.41) is 9.51. The van der Waals surface area contributed by atoms with Crippen LogP contribution in [0, 0.1) is 5.92 Å². The second kappa shape index (κ2) is 7.61. The van der Waals surface area contributed by atoms with Crippen LogP contribution in [0.15, 0.2) is 24.3 Å². The molecule has 122 valence electrons. The highest BCUT2D eigenvalue weighted by Crippen LogP contribution is 2.15. The van der Waals surface area contributed by atoms with E-state index in [-0.39, 0.29) is 11.9 Å². The van der Waals surface area contributed by atoms with Crippen LogP contribution in [-0.2, 0) is 11.3 Å². The molecular formula is C17H27N3O2. The van der Waals surface area contributed by atoms with E-state index in [1.807, 2.05) is 17.0 Å². The minimum absolute atomic E-state index is 0.0747. The Bertz CT molecular complexity index is 496. The van der Waals surface area contributed by atoms with Gasteiger partial charge in [0.1, 0.15) is 5.75 Å². The number of nitrogens with zero attached hydrogens (tertiary/aromatic N) is 2. The summed E-state index contributed by atoms with van der Waals surface area (Å²) in [5.74, 6) is 0.808. The molecule has 22 heavy (non-hydrogen) atoms. The van der Waals surface area contributed by atoms with Gasteiger partial charge in [-0.15, -0.1) is 0 Å². The maximum absolute atomic E-state index is 12.3. The highest BCUT2D eigenvalue weighted by atomic mass is 16.3. The molecule has 0 radical (unpaired) electrons. The van der Waals surface area contributed by atoms with Crippen molar-refractivity contribution in [2.75, 3.05) is 26.2 Å². The van der Waals surface area contributed by atoms with E-state index in [2.05, 4.69) is 18.7 Å². The summed E-state index contributed by atoms with van der Waals surface area (Å²) >= 11 is 0. The zero-order valence-electron chi connectivity index (χ0n) is 13.5. The first-order valence-corrected chi connectivity index (χ1v) is 8.00. The fourth-order valence-electron chi connectivity index (χ4n) is 2.88. The maximum atomic E-state index is 12.3. The SMILES string of the molecule is CC(C)C[C@H](N)C(=O)N1CCN(Cc2cccc(O)c2)CC1. The summed E-state index contributed by atoms with van der Waals surface area (Å²) in [6.45, 7) is 8.10. The van der Waals surface area contributed by atoms with Gasteiger partial charge in [0.2, 0.25) is 5.91 Å². The molecule has 0 bridgehead atoms. The van der Waals surface area contributed by atoms with E-state index in [0.717, 1.165) is 44.7 Å². The molecule has 0 aliphatic carbocycles. The van der Waals surface area contributed by atoms with Crippen molar-refractivity contribution in [2.24, 2.45) is 11.7 Å². The Morgan fingerprint density at radius 1 is 1.27 bits per heavy atom. The van der Waals surface area contributed by atoms with Gasteiger partial charge < -0.3 is 15.7 Å². The third kappa shape index (κ3) is 4.71. The fourth-order valence-corrected chi connectivity index (χ4v) is 2.88. The topological polar surface area (TPSA) is 69.8 Å². The predicted molar refractivity (Wildman–Crippen MR) is 87.4 cm³/mol. The smallest absolute Gasteiger partial charge is 0.239 e. The van der Waals surface area contributed by atoms with Gasteiger partial charge >= 0.3 is 0 Å². The Balaban J connectivity index is 1.81. The molecule has 1 atom stereocenters. The molecular weight excluding hydrogens is 278 g/mol. The predicted octanol–water partition coefficient (Wildman–Crippen LogP) is 1.41. The molecule has 2 rings (SSSR count). The number of nitrogens with two attached hydrogens (primary N) is 1. The summed E-state index contributed by atoms with van der Waals surface area (Å²) in [5.41, 5.74) is 7.09. The van der Waals surface area contributed by atoms with Crippen LogP contribution in [-0.4, -0.2) is 53.0 Å². The molecule has 0 spiro atoms. The van der Waals surface area contributed by atoms with E-state index in [4.69, 9.17) is 5.73 Å². The van der Waals surface area contributed by atoms with Crippen LogP contribution in [0.25, 0.3) is 0 Å². The van der Waals surface area contributed by atoms with E-state index in [9.17, 15) is 9.90 Å². The summed E-state index contributed by atoms with van der Waals surface area (Å²) in [6, 6.07) is 6.95. The van der Waals surface area contributed by atoms with Gasteiger partial charge in [-0.05, 0) is 30.0 Å². The van der Waals surface area contributed by atoms with Gasteiger partial charge in [0.15, 0.2) is 0 Å². The monoisotopic (exact) mass is 305 g/mol. The van der Waals surface area contributed by atoms with Crippen LogP contribution in [0.5, 0.6) is 5.75 Å². The molecule has 1 aliphatic heterocycles. The lowest BCUT2D eigenvalue weighted by Gasteiger charge is -2.36. The molecule has 0 aromatic heterocycles. The van der Waals surface area contributed by atoms with E-state index >= 15 is 0 Å². The van der Waals surface area contributed by atoms with Gasteiger partial charge in [0.05, 0.1) is 6.04 Å². The number of phenolic OH excluding ortho intramolecular Hbond substituents is 1. The van der Waals surface area contributed by atoms with Crippen LogP contribution in [0.1, 0.15) is 25.8 Å². The van der Waals surface area contributed by atoms with Gasteiger partial charge in [0.25, 0.3) is 0 Å². The quantitative estimate of drug-likeness (QED) is 0.863. The number of rotatable bonds is 5. The number of carbonyl (C=O) groups is 1. The lowest BCUT2D eigenvalue weighted by Crippen LogP contribution is -2.53. The Kier molecular flexibility index (Phi) is 5.80. The van der Waals surface area contributed by atoms with Gasteiger partial charge in [-0.3, -0.25) is 9.69 Å². The standard InChI is InChI=1S/C17H27N3O2/c1-13(2)10-16(18)17(22)20-8-6-19(7-9-20)12-14-4-3-5-15(21)11-14/h3-5,11,13,16,21H,6-10,12,18H2,1-2H3/t16-/m0/s1. The zero-order valence-corrected chi connectivity index (χ0v) is 13.5. The van der Waals surface area contributed by atoms with Gasteiger partial charge in [-0.25, -0.2) is 0 Å². The largest absolute Gasteiger partial charge is 0.508 e. The first-order chi connectivity index (χ1) is 10.5. The summed E-state index contributed by atoms with van der Waals surface area (Å²) in [4.78, 5) is 16.5. The summed E-state index contributed by atoms with van der Waals surface area (Å²) < 4.78 is 0. The number of benzene rings is 1. The van der Waals surface area contributed by atoms with Crippen molar-refractivity contribution in [3.8, 4) is 5.75 Å². The molecule has 1 heterocycles. The van der Waals surface area contributed by atoms with Crippen molar-refractivity contribution in [3.63, 3.8) is 0 Å². The molecule has 1 aromatic carbocycles. The Morgan fingerprint density at radius 3 is 2.55 bits per heavy atom. The van der Waals surface area contributed by atoms with Gasteiger partial charge in [-0.1, -0.05) is 26.0 Å². The number of hydrogen-bond donors (Lipinski definition) is 2. The molecule has 1 saturated heterocycles. The Morgan fingerprint density at radius 2 is 1.95 bits per heavy atom. The van der Waals surface area contributed by atoms with E-state index in [1.54, 1.807) is 12.1 Å². The molecule has 1 aliphatic rings. The van der Waals surface area contributed by atoms with Crippen molar-refractivity contribution >= 4 is 5.91 Å². The highest BCUT2D eigenvalue weighted by molar-refractivity contribution is 5.81. The molecule has 0 saturated carbocycles. The average molecular weight is 305 g/mol. The Labute approximate surface area is 132 Å². The number of amides is 1. The van der Waals surface area contributed by atoms with Crippen molar-refractivity contribution in [1.29, 1.82) is 0 Å². The number of piperazine rings is 1. The van der Waals surface area contributed by atoms with Crippen molar-refractivity contribution < 1.29 is 9.90 Å². The molecule has 1 amide bonds. The lowest BCUT2D eigenvalue weighted by atomic mass is 10.0. The summed E-state index contributed by atoms with van der Waals surface area (Å²) in [7, 11) is 0. The normalized spacial score (nSPS) is 17.7. The number of hydrogen-bond acceptors (Lipinski definition) is 4. The fraction of sp³-hybridized carbons (Fsp3) is 0.588. The van der Waals surface area contributed by atoms with Crippen LogP contribution in [0.4, 0.5) is 0 Å². The molecule has 1 aromatic rings. The lowest BCUT2D eigenvalue weighted by molar-refractivity contribution is -0.134. The Hall–Kier alpha value is -1.59. The first-order valence-electron chi connectivity index (χ1n) is 8.00. The molecule has 3 N–H and O–H groups in total. The molecule has 1 fully saturated rings. The first kappa shape index (κ1) is 16.8. The minimum Gasteiger partial charge on any atom is -0.508 e. The molecule has 0 unspecified atom stereocenters. The zero-order chi connectivity index (χ0) is 16.1. The van der Waals surface area contributed by atoms with Gasteiger partial charge in [0, 0.05) is 32.7 Å². The number of phenols is 1. The number of carbonyl (C=O) groups excluding carboxylic acids is 1. The third-order valence-electron chi connectivity index (χ3n) is 4.04. The molecule has 5 nitrogen and oxygen atoms in total. The van der Waals surface area contributed by atoms with E-state index in [0.29, 0.717) is 11.7 Å². The van der Waals surface area contributed by atoms with Crippen LogP contribution >= 0.6 is 0 Å².